The van der Waals surface area contributed by atoms with Gasteiger partial charge in [-0.3, -0.25) is 0 Å². The van der Waals surface area contributed by atoms with Gasteiger partial charge in [0.1, 0.15) is 6.29 Å². The number of carbonyl (C=O) groups excluding carboxylic acids is 1. The van der Waals surface area contributed by atoms with Gasteiger partial charge in [0, 0.05) is 32.7 Å². The molecular weight excluding hydrogens is 234 g/mol. The summed E-state index contributed by atoms with van der Waals surface area (Å²) in [4.78, 5) is 8.81. The molecule has 0 aliphatic rings. The molecule has 6 heavy (non-hydrogen) atoms. The third-order valence-electron chi connectivity index (χ3n) is 0. The van der Waals surface area contributed by atoms with E-state index in [4.69, 9.17) is 6.84 Å². The Hall–Kier alpha value is 1.68. The summed E-state index contributed by atoms with van der Waals surface area (Å²) in [7, 11) is 0. The van der Waals surface area contributed by atoms with Crippen LogP contribution in [0.2, 0.25) is 0 Å². The molecule has 0 saturated heterocycles. The Morgan fingerprint density at radius 2 is 1.50 bits per heavy atom. The van der Waals surface area contributed by atoms with Gasteiger partial charge >= 0.3 is 33.1 Å². The average molecular weight is 238 g/mol. The molecule has 0 saturated carbocycles. The van der Waals surface area contributed by atoms with E-state index in [2.05, 4.69) is 0 Å². The summed E-state index contributed by atoms with van der Waals surface area (Å²) in [6.07, 6.45) is 0.750. The first-order chi connectivity index (χ1) is 2.41. The van der Waals surface area contributed by atoms with Crippen molar-refractivity contribution < 1.29 is 70.6 Å². The van der Waals surface area contributed by atoms with Crippen LogP contribution in [0.25, 0.3) is 0 Å². The normalized spacial score (nSPS) is 3.17. The van der Waals surface area contributed by atoms with E-state index in [1.165, 1.54) is 6.92 Å². The fourth-order valence-corrected chi connectivity index (χ4v) is 0. The maximum absolute atomic E-state index is 8.81. The first-order valence-corrected chi connectivity index (χ1v) is 2.21. The van der Waals surface area contributed by atoms with Crippen LogP contribution in [0.4, 0.5) is 0 Å². The van der Waals surface area contributed by atoms with E-state index in [9.17, 15) is 0 Å². The fraction of sp³-hybridized carbons (Fsp3) is 0.500. The molecule has 0 aromatic carbocycles. The smallest absolute Gasteiger partial charge is 0 e. The first kappa shape index (κ1) is 15.6. The van der Waals surface area contributed by atoms with E-state index in [1.54, 1.807) is 0 Å². The SMILES string of the molecule is CC=O.[O]=[Y].[Y]. The molecule has 2 nitrogen and oxygen atoms in total. The zero-order valence-electron chi connectivity index (χ0n) is 3.55. The van der Waals surface area contributed by atoms with E-state index in [0.29, 0.717) is 0 Å². The Morgan fingerprint density at radius 1 is 1.50 bits per heavy atom. The quantitative estimate of drug-likeness (QED) is 0.560. The van der Waals surface area contributed by atoms with Crippen LogP contribution in [0.1, 0.15) is 6.92 Å². The Labute approximate surface area is 82.4 Å². The Kier molecular flexibility index (Phi) is 78.3. The molecule has 0 N–H and O–H groups in total. The van der Waals surface area contributed by atoms with Crippen LogP contribution < -0.4 is 0 Å². The van der Waals surface area contributed by atoms with Crippen molar-refractivity contribution in [1.82, 2.24) is 0 Å². The Bertz CT molecular complexity index is 23.5. The van der Waals surface area contributed by atoms with Gasteiger partial charge < -0.3 is 4.79 Å². The summed E-state index contributed by atoms with van der Waals surface area (Å²) in [5, 5.41) is 0. The topological polar surface area (TPSA) is 34.1 Å². The number of rotatable bonds is 0. The molecule has 30 valence electrons. The minimum Gasteiger partial charge on any atom is 0 e. The zero-order valence-corrected chi connectivity index (χ0v) is 9.23. The molecule has 1 radical (unpaired) electrons. The van der Waals surface area contributed by atoms with Crippen LogP contribution in [0.5, 0.6) is 0 Å². The summed E-state index contributed by atoms with van der Waals surface area (Å²) in [6, 6.07) is 0. The van der Waals surface area contributed by atoms with Crippen molar-refractivity contribution in [2.45, 2.75) is 6.92 Å². The zero-order chi connectivity index (χ0) is 4.71. The molecule has 4 heteroatoms. The van der Waals surface area contributed by atoms with Crippen molar-refractivity contribution in [2.75, 3.05) is 0 Å². The maximum Gasteiger partial charge on any atom is 0 e. The van der Waals surface area contributed by atoms with Crippen molar-refractivity contribution in [3.8, 4) is 0 Å². The summed E-state index contributed by atoms with van der Waals surface area (Å²) in [5.41, 5.74) is 0. The number of hydrogen-bond acceptors (Lipinski definition) is 2. The average Bonchev–Trinajstić information content (AvgIpc) is 1.46. The predicted molar refractivity (Wildman–Crippen MR) is 12.4 cm³/mol. The maximum atomic E-state index is 8.81. The van der Waals surface area contributed by atoms with E-state index in [-0.39, 0.29) is 63.7 Å². The van der Waals surface area contributed by atoms with Gasteiger partial charge in [-0.25, -0.2) is 0 Å². The summed E-state index contributed by atoms with van der Waals surface area (Å²) >= 11 is 0.100. The van der Waals surface area contributed by atoms with Crippen LogP contribution in [0.3, 0.4) is 0 Å². The molecule has 0 aromatic rings. The van der Waals surface area contributed by atoms with Crippen LogP contribution in [0, 0.1) is 0 Å². The van der Waals surface area contributed by atoms with Gasteiger partial charge in [-0.15, -0.1) is 0 Å². The summed E-state index contributed by atoms with van der Waals surface area (Å²) < 4.78 is 8.38. The van der Waals surface area contributed by atoms with Crippen LogP contribution in [-0.4, -0.2) is 6.29 Å². The van der Waals surface area contributed by atoms with Gasteiger partial charge in [0.15, 0.2) is 0 Å². The first-order valence-electron chi connectivity index (χ1n) is 1.05. The molecule has 0 heterocycles. The second kappa shape index (κ2) is 30.0. The molecule has 0 aliphatic heterocycles. The molecule has 0 atom stereocenters. The van der Waals surface area contributed by atoms with E-state index >= 15 is 0 Å². The minimum absolute atomic E-state index is 0. The van der Waals surface area contributed by atoms with E-state index < -0.39 is 0 Å². The minimum atomic E-state index is 0. The van der Waals surface area contributed by atoms with Gasteiger partial charge in [-0.05, 0) is 6.92 Å². The molecule has 0 aromatic heterocycles. The standard InChI is InChI=1S/C2H4O.O.2Y/c1-2-3;;;/h2H,1H3;;;. The van der Waals surface area contributed by atoms with Gasteiger partial charge in [0.25, 0.3) is 0 Å². The number of carbonyl (C=O) groups is 1. The Balaban J connectivity index is -0.0000000275. The molecule has 0 aliphatic carbocycles. The van der Waals surface area contributed by atoms with Crippen molar-refractivity contribution in [1.29, 1.82) is 0 Å². The van der Waals surface area contributed by atoms with Crippen LogP contribution >= 0.6 is 0 Å². The molecular formula is C2H4O2Y2. The largest absolute Gasteiger partial charge is 0 e. The van der Waals surface area contributed by atoms with Crippen molar-refractivity contribution in [3.05, 3.63) is 0 Å². The molecule has 0 rings (SSSR count). The Morgan fingerprint density at radius 3 is 1.50 bits per heavy atom. The second-order valence-corrected chi connectivity index (χ2v) is 0.236. The summed E-state index contributed by atoms with van der Waals surface area (Å²) in [6.45, 7) is 1.44. The van der Waals surface area contributed by atoms with Crippen LogP contribution in [0.15, 0.2) is 0 Å². The molecule has 0 unspecified atom stereocenters. The van der Waals surface area contributed by atoms with Gasteiger partial charge in [0.2, 0.25) is 0 Å². The predicted octanol–water partition coefficient (Wildman–Crippen LogP) is 0.0814. The number of aldehydes is 1. The van der Waals surface area contributed by atoms with Crippen molar-refractivity contribution in [2.24, 2.45) is 0 Å². The second-order valence-electron chi connectivity index (χ2n) is 0.236. The van der Waals surface area contributed by atoms with Gasteiger partial charge in [-0.1, -0.05) is 0 Å². The monoisotopic (exact) mass is 238 g/mol. The summed E-state index contributed by atoms with van der Waals surface area (Å²) in [5.74, 6) is 0. The molecule has 0 bridgehead atoms. The van der Waals surface area contributed by atoms with E-state index in [1.807, 2.05) is 0 Å². The molecule has 0 fully saturated rings. The van der Waals surface area contributed by atoms with Crippen molar-refractivity contribution in [3.63, 3.8) is 0 Å². The van der Waals surface area contributed by atoms with Crippen molar-refractivity contribution >= 4 is 6.29 Å². The molecule has 0 amide bonds. The van der Waals surface area contributed by atoms with Gasteiger partial charge in [-0.2, -0.15) is 0 Å². The fourth-order valence-electron chi connectivity index (χ4n) is 0. The third kappa shape index (κ3) is 44.1. The van der Waals surface area contributed by atoms with Crippen LogP contribution in [-0.2, 0) is 70.6 Å². The number of hydrogen-bond donors (Lipinski definition) is 0. The van der Waals surface area contributed by atoms with Gasteiger partial charge in [0.05, 0.1) is 0 Å². The third-order valence-corrected chi connectivity index (χ3v) is 0. The van der Waals surface area contributed by atoms with E-state index in [0.717, 1.165) is 6.29 Å². The molecule has 0 spiro atoms.